The fourth-order valence-electron chi connectivity index (χ4n) is 6.00. The van der Waals surface area contributed by atoms with Crippen molar-refractivity contribution in [2.75, 3.05) is 0 Å². The Labute approximate surface area is 166 Å². The maximum absolute atomic E-state index is 12.9. The van der Waals surface area contributed by atoms with Gasteiger partial charge in [0.05, 0.1) is 11.7 Å². The van der Waals surface area contributed by atoms with Crippen LogP contribution < -0.4 is 4.74 Å². The standard InChI is InChI=1S/C25H26O3/c1-24-14-13-22(26)25(2,21(24)12-11-16-7-3-5-9-18(16)24)15-20-23(27)17-8-4-6-10-19(17)28-20/h3-10,15,21-22,26H,11-14H2,1-2H3/b20-15-/t21-,22+,24-,25-/m1/s1. The van der Waals surface area contributed by atoms with Crippen molar-refractivity contribution in [1.29, 1.82) is 0 Å². The highest BCUT2D eigenvalue weighted by atomic mass is 16.5. The lowest BCUT2D eigenvalue weighted by Gasteiger charge is -2.56. The Kier molecular flexibility index (Phi) is 3.82. The summed E-state index contributed by atoms with van der Waals surface area (Å²) in [5.41, 5.74) is 2.93. The Balaban J connectivity index is 1.59. The van der Waals surface area contributed by atoms with E-state index in [4.69, 9.17) is 4.74 Å². The summed E-state index contributed by atoms with van der Waals surface area (Å²) < 4.78 is 5.92. The minimum atomic E-state index is -0.506. The molecule has 2 aromatic carbocycles. The van der Waals surface area contributed by atoms with E-state index in [0.717, 1.165) is 25.7 Å². The topological polar surface area (TPSA) is 46.5 Å². The molecule has 0 aromatic heterocycles. The molecule has 0 radical (unpaired) electrons. The fraction of sp³-hybridized carbons (Fsp3) is 0.400. The first-order valence-electron chi connectivity index (χ1n) is 10.2. The zero-order chi connectivity index (χ0) is 19.5. The summed E-state index contributed by atoms with van der Waals surface area (Å²) in [4.78, 5) is 12.9. The number of carbonyl (C=O) groups is 1. The van der Waals surface area contributed by atoms with E-state index in [-0.39, 0.29) is 17.1 Å². The maximum Gasteiger partial charge on any atom is 0.231 e. The average Bonchev–Trinajstić information content (AvgIpc) is 3.01. The van der Waals surface area contributed by atoms with E-state index in [1.54, 1.807) is 6.07 Å². The van der Waals surface area contributed by atoms with Gasteiger partial charge in [-0.15, -0.1) is 0 Å². The predicted molar refractivity (Wildman–Crippen MR) is 108 cm³/mol. The molecule has 1 aliphatic heterocycles. The average molecular weight is 374 g/mol. The Hall–Kier alpha value is -2.39. The molecule has 0 unspecified atom stereocenters. The van der Waals surface area contributed by atoms with Crippen LogP contribution in [0.4, 0.5) is 0 Å². The third-order valence-electron chi connectivity index (χ3n) is 7.53. The van der Waals surface area contributed by atoms with Crippen molar-refractivity contribution in [2.45, 2.75) is 51.0 Å². The molecular formula is C25H26O3. The highest BCUT2D eigenvalue weighted by molar-refractivity contribution is 6.12. The van der Waals surface area contributed by atoms with Crippen LogP contribution in [0.15, 0.2) is 60.4 Å². The minimum absolute atomic E-state index is 0.00557. The maximum atomic E-state index is 12.9. The largest absolute Gasteiger partial charge is 0.453 e. The number of rotatable bonds is 1. The van der Waals surface area contributed by atoms with E-state index in [0.29, 0.717) is 17.1 Å². The van der Waals surface area contributed by atoms with Gasteiger partial charge in [-0.2, -0.15) is 0 Å². The zero-order valence-electron chi connectivity index (χ0n) is 16.4. The fourth-order valence-corrected chi connectivity index (χ4v) is 6.00. The number of aliphatic hydroxyl groups excluding tert-OH is 1. The van der Waals surface area contributed by atoms with Gasteiger partial charge < -0.3 is 9.84 Å². The summed E-state index contributed by atoms with van der Waals surface area (Å²) in [7, 11) is 0. The molecule has 1 N–H and O–H groups in total. The lowest BCUT2D eigenvalue weighted by molar-refractivity contribution is -0.0558. The second-order valence-electron chi connectivity index (χ2n) is 9.02. The van der Waals surface area contributed by atoms with Crippen LogP contribution >= 0.6 is 0 Å². The SMILES string of the molecule is C[C@]1(/C=C2\Oc3ccccc3C2=O)[C@@H](O)CC[C@]2(C)c3ccccc3CC[C@@H]12. The number of hydrogen-bond donors (Lipinski definition) is 1. The van der Waals surface area contributed by atoms with Gasteiger partial charge in [0.2, 0.25) is 5.78 Å². The first kappa shape index (κ1) is 17.7. The van der Waals surface area contributed by atoms with Crippen molar-refractivity contribution in [1.82, 2.24) is 0 Å². The van der Waals surface area contributed by atoms with E-state index in [2.05, 4.69) is 38.1 Å². The molecule has 2 aromatic rings. The van der Waals surface area contributed by atoms with Gasteiger partial charge in [-0.05, 0) is 66.4 Å². The molecular weight excluding hydrogens is 348 g/mol. The molecule has 5 rings (SSSR count). The summed E-state index contributed by atoms with van der Waals surface area (Å²) in [5, 5.41) is 11.1. The molecule has 0 saturated heterocycles. The number of carbonyl (C=O) groups excluding carboxylic acids is 1. The molecule has 1 heterocycles. The van der Waals surface area contributed by atoms with E-state index in [1.807, 2.05) is 24.3 Å². The van der Waals surface area contributed by atoms with Crippen molar-refractivity contribution in [3.63, 3.8) is 0 Å². The van der Waals surface area contributed by atoms with Crippen LogP contribution in [0.3, 0.4) is 0 Å². The Bertz CT molecular complexity index is 991. The van der Waals surface area contributed by atoms with Gasteiger partial charge in [0.1, 0.15) is 5.75 Å². The Morgan fingerprint density at radius 3 is 2.64 bits per heavy atom. The van der Waals surface area contributed by atoms with Crippen LogP contribution in [0, 0.1) is 11.3 Å². The molecule has 0 spiro atoms. The quantitative estimate of drug-likeness (QED) is 0.728. The van der Waals surface area contributed by atoms with Gasteiger partial charge in [0.25, 0.3) is 0 Å². The van der Waals surface area contributed by atoms with Crippen LogP contribution in [0.1, 0.15) is 54.6 Å². The van der Waals surface area contributed by atoms with Gasteiger partial charge in [-0.25, -0.2) is 0 Å². The molecule has 28 heavy (non-hydrogen) atoms. The monoisotopic (exact) mass is 374 g/mol. The number of benzene rings is 2. The van der Waals surface area contributed by atoms with Gasteiger partial charge >= 0.3 is 0 Å². The lowest BCUT2D eigenvalue weighted by Crippen LogP contribution is -2.54. The number of ether oxygens (including phenoxy) is 1. The summed E-state index contributed by atoms with van der Waals surface area (Å²) in [5.74, 6) is 1.16. The summed E-state index contributed by atoms with van der Waals surface area (Å²) in [6.45, 7) is 4.45. The van der Waals surface area contributed by atoms with Crippen molar-refractivity contribution < 1.29 is 14.6 Å². The Morgan fingerprint density at radius 2 is 1.82 bits per heavy atom. The number of aliphatic hydroxyl groups is 1. The normalized spacial score (nSPS) is 35.1. The van der Waals surface area contributed by atoms with Crippen LogP contribution in [0.2, 0.25) is 0 Å². The lowest BCUT2D eigenvalue weighted by atomic mass is 9.49. The predicted octanol–water partition coefficient (Wildman–Crippen LogP) is 4.83. The number of fused-ring (bicyclic) bond motifs is 4. The molecule has 144 valence electrons. The molecule has 2 aliphatic carbocycles. The van der Waals surface area contributed by atoms with E-state index in [1.165, 1.54) is 11.1 Å². The van der Waals surface area contributed by atoms with E-state index in [9.17, 15) is 9.90 Å². The van der Waals surface area contributed by atoms with Crippen molar-refractivity contribution in [3.8, 4) is 5.75 Å². The number of ketones is 1. The van der Waals surface area contributed by atoms with Gasteiger partial charge in [-0.3, -0.25) is 4.79 Å². The first-order valence-corrected chi connectivity index (χ1v) is 10.2. The minimum Gasteiger partial charge on any atom is -0.453 e. The van der Waals surface area contributed by atoms with Crippen molar-refractivity contribution >= 4 is 5.78 Å². The number of hydrogen-bond acceptors (Lipinski definition) is 3. The number of aryl methyl sites for hydroxylation is 1. The molecule has 1 saturated carbocycles. The van der Waals surface area contributed by atoms with Crippen LogP contribution in [0.25, 0.3) is 0 Å². The Morgan fingerprint density at radius 1 is 1.07 bits per heavy atom. The summed E-state index contributed by atoms with van der Waals surface area (Å²) in [6, 6.07) is 16.1. The molecule has 3 heteroatoms. The smallest absolute Gasteiger partial charge is 0.231 e. The van der Waals surface area contributed by atoms with Crippen LogP contribution in [-0.2, 0) is 11.8 Å². The number of Topliss-reactive ketones (excluding diaryl/α,β-unsaturated/α-hetero) is 1. The number of para-hydroxylation sites is 1. The first-order chi connectivity index (χ1) is 13.4. The second-order valence-corrected chi connectivity index (χ2v) is 9.02. The van der Waals surface area contributed by atoms with Crippen molar-refractivity contribution in [2.24, 2.45) is 11.3 Å². The van der Waals surface area contributed by atoms with Gasteiger partial charge in [0.15, 0.2) is 5.76 Å². The third kappa shape index (κ3) is 2.35. The molecule has 3 aliphatic rings. The summed E-state index contributed by atoms with van der Waals surface area (Å²) >= 11 is 0. The second kappa shape index (κ2) is 6.05. The number of allylic oxidation sites excluding steroid dienone is 1. The zero-order valence-corrected chi connectivity index (χ0v) is 16.4. The van der Waals surface area contributed by atoms with E-state index >= 15 is 0 Å². The highest BCUT2D eigenvalue weighted by Crippen LogP contribution is 2.58. The van der Waals surface area contributed by atoms with Gasteiger partial charge in [-0.1, -0.05) is 50.2 Å². The molecule has 4 atom stereocenters. The van der Waals surface area contributed by atoms with Crippen LogP contribution in [-0.4, -0.2) is 17.0 Å². The molecule has 1 fully saturated rings. The molecule has 3 nitrogen and oxygen atoms in total. The molecule has 0 amide bonds. The molecule has 0 bridgehead atoms. The van der Waals surface area contributed by atoms with Gasteiger partial charge in [0, 0.05) is 5.41 Å². The highest BCUT2D eigenvalue weighted by Gasteiger charge is 2.55. The third-order valence-corrected chi connectivity index (χ3v) is 7.53. The van der Waals surface area contributed by atoms with E-state index < -0.39 is 11.5 Å². The van der Waals surface area contributed by atoms with Crippen LogP contribution in [0.5, 0.6) is 5.75 Å². The van der Waals surface area contributed by atoms with Crippen molar-refractivity contribution in [3.05, 3.63) is 77.1 Å². The summed E-state index contributed by atoms with van der Waals surface area (Å²) in [6.07, 6.45) is 5.16.